The molecule has 6 aliphatic rings. The molecule has 0 radical (unpaired) electrons. The molecule has 6 heteroatoms. The van der Waals surface area contributed by atoms with Crippen LogP contribution in [0.3, 0.4) is 0 Å². The lowest BCUT2D eigenvalue weighted by molar-refractivity contribution is -0.222. The molecule has 8 atom stereocenters. The second kappa shape index (κ2) is 14.7. The van der Waals surface area contributed by atoms with Crippen molar-refractivity contribution >= 4 is 23.4 Å². The molecule has 0 aromatic heterocycles. The van der Waals surface area contributed by atoms with Crippen LogP contribution in [0.4, 0.5) is 4.79 Å². The van der Waals surface area contributed by atoms with Crippen LogP contribution in [-0.4, -0.2) is 48.9 Å². The third kappa shape index (κ3) is 6.50. The lowest BCUT2D eigenvalue weighted by Crippen LogP contribution is -2.65. The van der Waals surface area contributed by atoms with Gasteiger partial charge in [-0.25, -0.2) is 4.79 Å². The molecule has 5 fully saturated rings. The number of rotatable bonds is 8. The summed E-state index contributed by atoms with van der Waals surface area (Å²) in [6, 6.07) is 8.37. The van der Waals surface area contributed by atoms with Gasteiger partial charge in [0.25, 0.3) is 0 Å². The number of likely N-dealkylation sites (tertiary alicyclic amines) is 1. The number of Topliss-reactive ketones (excluding diaryl/α,β-unsaturated/α-hetero) is 1. The second-order valence-electron chi connectivity index (χ2n) is 18.9. The minimum absolute atomic E-state index is 0.0723. The number of amides is 2. The Morgan fingerprint density at radius 3 is 2.33 bits per heavy atom. The standard InChI is InChI=1S/C43H62N2O4.C3H6/c1-29(46)30-12-14-31(15-13-30)32-18-21-40(4)35(39(32,2)3)19-22-42(6)36(40)17-16-33-34-10-7-20-43(34,24-23-41(33,42)5)28-44-38(48)49-27-9-26-45-25-8-11-37(45)47;1-3-2/h12-15,18,33-36H,7-11,16-17,19-28H2,1-6H3,(H,44,48);3H,1H2,2H3/t33?,34?,35?,36?,40?,41-,42?,43?;/m1./s1. The number of nitrogens with one attached hydrogen (secondary N) is 1. The van der Waals surface area contributed by atoms with E-state index < -0.39 is 0 Å². The third-order valence-corrected chi connectivity index (χ3v) is 16.3. The molecule has 1 N–H and O–H groups in total. The summed E-state index contributed by atoms with van der Waals surface area (Å²) in [4.78, 5) is 38.6. The van der Waals surface area contributed by atoms with Crippen molar-refractivity contribution in [1.82, 2.24) is 10.2 Å². The monoisotopic (exact) mass is 713 g/mol. The minimum atomic E-state index is -0.287. The van der Waals surface area contributed by atoms with Crippen molar-refractivity contribution in [3.63, 3.8) is 0 Å². The normalized spacial score (nSPS) is 37.2. The number of alkyl carbamates (subject to hydrolysis) is 1. The van der Waals surface area contributed by atoms with E-state index in [0.717, 1.165) is 31.5 Å². The van der Waals surface area contributed by atoms with E-state index in [1.165, 1.54) is 68.9 Å². The zero-order valence-electron chi connectivity index (χ0n) is 33.6. The van der Waals surface area contributed by atoms with E-state index in [-0.39, 0.29) is 34.0 Å². The molecule has 286 valence electrons. The summed E-state index contributed by atoms with van der Waals surface area (Å²) in [5.74, 6) is 3.07. The predicted molar refractivity (Wildman–Crippen MR) is 211 cm³/mol. The Labute approximate surface area is 315 Å². The molecule has 0 bridgehead atoms. The molecule has 7 rings (SSSR count). The quantitative estimate of drug-likeness (QED) is 0.165. The van der Waals surface area contributed by atoms with Crippen LogP contribution in [0.2, 0.25) is 0 Å². The van der Waals surface area contributed by atoms with Gasteiger partial charge in [0.1, 0.15) is 0 Å². The largest absolute Gasteiger partial charge is 0.449 e. The van der Waals surface area contributed by atoms with E-state index >= 15 is 0 Å². The summed E-state index contributed by atoms with van der Waals surface area (Å²) in [6.07, 6.45) is 18.9. The van der Waals surface area contributed by atoms with Crippen molar-refractivity contribution in [2.75, 3.05) is 26.2 Å². The Bertz CT molecular complexity index is 1550. The number of hydrogen-bond acceptors (Lipinski definition) is 4. The molecule has 4 saturated carbocycles. The van der Waals surface area contributed by atoms with Gasteiger partial charge in [-0.1, -0.05) is 77.5 Å². The minimum Gasteiger partial charge on any atom is -0.449 e. The van der Waals surface area contributed by atoms with Crippen molar-refractivity contribution in [1.29, 1.82) is 0 Å². The summed E-state index contributed by atoms with van der Waals surface area (Å²) >= 11 is 0. The van der Waals surface area contributed by atoms with Crippen molar-refractivity contribution in [2.45, 2.75) is 132 Å². The van der Waals surface area contributed by atoms with Crippen molar-refractivity contribution in [3.8, 4) is 0 Å². The van der Waals surface area contributed by atoms with Gasteiger partial charge in [0.15, 0.2) is 5.78 Å². The van der Waals surface area contributed by atoms with E-state index in [2.05, 4.69) is 64.7 Å². The number of benzene rings is 1. The molecule has 1 saturated heterocycles. The lowest BCUT2D eigenvalue weighted by atomic mass is 9.32. The fourth-order valence-corrected chi connectivity index (χ4v) is 13.7. The third-order valence-electron chi connectivity index (χ3n) is 16.3. The van der Waals surface area contributed by atoms with Crippen molar-refractivity contribution < 1.29 is 19.1 Å². The zero-order valence-corrected chi connectivity index (χ0v) is 33.6. The number of nitrogens with zero attached hydrogens (tertiary/aromatic N) is 1. The highest BCUT2D eigenvalue weighted by Gasteiger charge is 2.69. The maximum Gasteiger partial charge on any atom is 0.407 e. The maximum atomic E-state index is 12.9. The zero-order chi connectivity index (χ0) is 37.5. The average molecular weight is 713 g/mol. The fraction of sp³-hybridized carbons (Fsp3) is 0.717. The molecule has 1 aliphatic heterocycles. The van der Waals surface area contributed by atoms with E-state index in [0.29, 0.717) is 60.5 Å². The molecule has 1 heterocycles. The highest BCUT2D eigenvalue weighted by molar-refractivity contribution is 5.94. The van der Waals surface area contributed by atoms with Crippen molar-refractivity contribution in [2.24, 2.45) is 50.7 Å². The van der Waals surface area contributed by atoms with Gasteiger partial charge in [-0.15, -0.1) is 6.58 Å². The highest BCUT2D eigenvalue weighted by Crippen LogP contribution is 2.77. The van der Waals surface area contributed by atoms with E-state index in [4.69, 9.17) is 4.74 Å². The van der Waals surface area contributed by atoms with Crippen LogP contribution < -0.4 is 5.32 Å². The van der Waals surface area contributed by atoms with Gasteiger partial charge >= 0.3 is 6.09 Å². The molecule has 52 heavy (non-hydrogen) atoms. The molecule has 6 nitrogen and oxygen atoms in total. The first-order chi connectivity index (χ1) is 24.7. The average Bonchev–Trinajstić information content (AvgIpc) is 3.72. The van der Waals surface area contributed by atoms with Crippen LogP contribution in [0, 0.1) is 50.7 Å². The highest BCUT2D eigenvalue weighted by atomic mass is 16.5. The number of ether oxygens (including phenoxy) is 1. The van der Waals surface area contributed by atoms with Crippen LogP contribution in [0.1, 0.15) is 148 Å². The Balaban J connectivity index is 0.00000150. The summed E-state index contributed by atoms with van der Waals surface area (Å²) in [5.41, 5.74) is 4.69. The molecule has 1 aromatic carbocycles. The van der Waals surface area contributed by atoms with Gasteiger partial charge < -0.3 is 15.0 Å². The molecule has 7 unspecified atom stereocenters. The first-order valence-corrected chi connectivity index (χ1v) is 20.7. The Morgan fingerprint density at radius 2 is 1.65 bits per heavy atom. The van der Waals surface area contributed by atoms with Crippen LogP contribution >= 0.6 is 0 Å². The summed E-state index contributed by atoms with van der Waals surface area (Å²) in [7, 11) is 0. The van der Waals surface area contributed by atoms with Crippen LogP contribution in [0.25, 0.3) is 5.57 Å². The maximum absolute atomic E-state index is 12.9. The number of hydrogen-bond donors (Lipinski definition) is 1. The number of ketones is 1. The van der Waals surface area contributed by atoms with Crippen LogP contribution in [0.15, 0.2) is 43.0 Å². The van der Waals surface area contributed by atoms with Crippen LogP contribution in [-0.2, 0) is 9.53 Å². The molecule has 0 spiro atoms. The fourth-order valence-electron chi connectivity index (χ4n) is 13.7. The SMILES string of the molecule is C=CC.CC(=O)c1ccc(C2=CCC3(C)C(CCC4(C)C3CCC3C5CCCC5(CNC(=O)OCCCN5CCCC5=O)CC[C@]34C)C2(C)C)cc1. The lowest BCUT2D eigenvalue weighted by Gasteiger charge is -2.72. The Hall–Kier alpha value is -2.89. The summed E-state index contributed by atoms with van der Waals surface area (Å²) in [5, 5.41) is 3.24. The first kappa shape index (κ1) is 38.8. The first-order valence-electron chi connectivity index (χ1n) is 20.7. The molecule has 1 aromatic rings. The molecular formula is C46H68N2O4. The summed E-state index contributed by atoms with van der Waals surface area (Å²) < 4.78 is 5.61. The Morgan fingerprint density at radius 1 is 0.923 bits per heavy atom. The smallest absolute Gasteiger partial charge is 0.407 e. The number of carbonyl (C=O) groups excluding carboxylic acids is 3. The van der Waals surface area contributed by atoms with Gasteiger partial charge in [0.05, 0.1) is 6.61 Å². The summed E-state index contributed by atoms with van der Waals surface area (Å²) in [6.45, 7) is 22.6. The Kier molecular flexibility index (Phi) is 11.0. The van der Waals surface area contributed by atoms with Gasteiger partial charge in [-0.05, 0) is 146 Å². The number of allylic oxidation sites excluding steroid dienone is 3. The van der Waals surface area contributed by atoms with E-state index in [1.807, 2.05) is 24.0 Å². The van der Waals surface area contributed by atoms with Crippen LogP contribution in [0.5, 0.6) is 0 Å². The number of fused-ring (bicyclic) bond motifs is 7. The number of carbonyl (C=O) groups is 3. The second-order valence-corrected chi connectivity index (χ2v) is 18.9. The van der Waals surface area contributed by atoms with Gasteiger partial charge in [-0.2, -0.15) is 0 Å². The van der Waals surface area contributed by atoms with Crippen molar-refractivity contribution in [3.05, 3.63) is 54.1 Å². The molecule has 5 aliphatic carbocycles. The molecular weight excluding hydrogens is 645 g/mol. The van der Waals surface area contributed by atoms with Gasteiger partial charge in [-0.3, -0.25) is 9.59 Å². The van der Waals surface area contributed by atoms with Gasteiger partial charge in [0, 0.05) is 31.6 Å². The van der Waals surface area contributed by atoms with E-state index in [9.17, 15) is 14.4 Å². The van der Waals surface area contributed by atoms with Gasteiger partial charge in [0.2, 0.25) is 5.91 Å². The topological polar surface area (TPSA) is 75.7 Å². The molecule has 2 amide bonds. The predicted octanol–water partition coefficient (Wildman–Crippen LogP) is 10.7. The van der Waals surface area contributed by atoms with E-state index in [1.54, 1.807) is 13.0 Å².